The Kier molecular flexibility index (Phi) is 9.61. The second-order valence-electron chi connectivity index (χ2n) is 7.51. The van der Waals surface area contributed by atoms with Crippen LogP contribution in [0.1, 0.15) is 50.3 Å². The number of halogens is 1. The number of benzene rings is 1. The summed E-state index contributed by atoms with van der Waals surface area (Å²) in [7, 11) is 0. The van der Waals surface area contributed by atoms with E-state index in [0.717, 1.165) is 54.9 Å². The van der Waals surface area contributed by atoms with Crippen molar-refractivity contribution < 1.29 is 4.74 Å². The van der Waals surface area contributed by atoms with Crippen molar-refractivity contribution >= 4 is 29.9 Å². The molecule has 0 saturated carbocycles. The van der Waals surface area contributed by atoms with E-state index in [4.69, 9.17) is 9.73 Å². The number of aromatic nitrogens is 3. The highest BCUT2D eigenvalue weighted by atomic mass is 127. The SMILES string of the molecule is C=CCOc1ccccc1CN=C(NCC)NC1CCc2nc(C(C)C)nn2C1.I. The van der Waals surface area contributed by atoms with Crippen LogP contribution in [0.4, 0.5) is 0 Å². The number of aliphatic imine (C=N–C) groups is 1. The molecule has 0 bridgehead atoms. The van der Waals surface area contributed by atoms with Crippen LogP contribution in [-0.2, 0) is 19.5 Å². The van der Waals surface area contributed by atoms with Crippen LogP contribution < -0.4 is 15.4 Å². The molecule has 2 heterocycles. The Morgan fingerprint density at radius 1 is 1.40 bits per heavy atom. The third-order valence-electron chi connectivity index (χ3n) is 4.81. The average Bonchev–Trinajstić information content (AvgIpc) is 3.15. The van der Waals surface area contributed by atoms with Crippen molar-refractivity contribution in [3.8, 4) is 5.75 Å². The van der Waals surface area contributed by atoms with Gasteiger partial charge in [-0.05, 0) is 19.4 Å². The Balaban J connectivity index is 0.00000320. The first-order valence-corrected chi connectivity index (χ1v) is 10.4. The van der Waals surface area contributed by atoms with Gasteiger partial charge in [-0.1, -0.05) is 44.7 Å². The fourth-order valence-electron chi connectivity index (χ4n) is 3.29. The standard InChI is InChI=1S/C22H32N6O.HI/c1-5-13-29-19-10-8-7-9-17(19)14-24-22(23-6-2)25-18-11-12-20-26-21(16(3)4)27-28(20)15-18;/h5,7-10,16,18H,1,6,11-15H2,2-4H3,(H2,23,24,25);1H. The molecule has 0 radical (unpaired) electrons. The maximum absolute atomic E-state index is 5.74. The molecule has 0 spiro atoms. The number of hydrogen-bond acceptors (Lipinski definition) is 4. The van der Waals surface area contributed by atoms with E-state index in [9.17, 15) is 0 Å². The van der Waals surface area contributed by atoms with Crippen molar-refractivity contribution in [1.29, 1.82) is 0 Å². The van der Waals surface area contributed by atoms with Gasteiger partial charge < -0.3 is 15.4 Å². The van der Waals surface area contributed by atoms with Gasteiger partial charge in [-0.15, -0.1) is 24.0 Å². The molecule has 1 aromatic carbocycles. The molecule has 1 atom stereocenters. The van der Waals surface area contributed by atoms with Gasteiger partial charge in [0.25, 0.3) is 0 Å². The van der Waals surface area contributed by atoms with Gasteiger partial charge in [0.2, 0.25) is 0 Å². The van der Waals surface area contributed by atoms with E-state index >= 15 is 0 Å². The largest absolute Gasteiger partial charge is 0.489 e. The summed E-state index contributed by atoms with van der Waals surface area (Å²) in [6.07, 6.45) is 3.69. The van der Waals surface area contributed by atoms with Crippen LogP contribution in [0.25, 0.3) is 0 Å². The minimum Gasteiger partial charge on any atom is -0.489 e. The Morgan fingerprint density at radius 3 is 2.93 bits per heavy atom. The molecular formula is C22H33IN6O. The number of fused-ring (bicyclic) bond motifs is 1. The third-order valence-corrected chi connectivity index (χ3v) is 4.81. The summed E-state index contributed by atoms with van der Waals surface area (Å²) in [5.41, 5.74) is 1.05. The van der Waals surface area contributed by atoms with Crippen molar-refractivity contribution in [3.63, 3.8) is 0 Å². The van der Waals surface area contributed by atoms with Crippen LogP contribution in [0.3, 0.4) is 0 Å². The summed E-state index contributed by atoms with van der Waals surface area (Å²) in [5.74, 6) is 4.02. The Hall–Kier alpha value is -2.10. The number of nitrogens with zero attached hydrogens (tertiary/aromatic N) is 4. The lowest BCUT2D eigenvalue weighted by Gasteiger charge is -2.25. The van der Waals surface area contributed by atoms with Gasteiger partial charge >= 0.3 is 0 Å². The highest BCUT2D eigenvalue weighted by Crippen LogP contribution is 2.19. The first-order valence-electron chi connectivity index (χ1n) is 10.4. The van der Waals surface area contributed by atoms with E-state index in [1.807, 2.05) is 28.9 Å². The summed E-state index contributed by atoms with van der Waals surface area (Å²) in [6.45, 7) is 12.7. The highest BCUT2D eigenvalue weighted by molar-refractivity contribution is 14.0. The van der Waals surface area contributed by atoms with Crippen molar-refractivity contribution in [3.05, 3.63) is 54.1 Å². The first-order chi connectivity index (χ1) is 14.1. The second kappa shape index (κ2) is 11.9. The maximum Gasteiger partial charge on any atom is 0.191 e. The summed E-state index contributed by atoms with van der Waals surface area (Å²) >= 11 is 0. The van der Waals surface area contributed by atoms with Crippen LogP contribution in [0, 0.1) is 0 Å². The minimum atomic E-state index is 0. The van der Waals surface area contributed by atoms with Gasteiger partial charge in [0.15, 0.2) is 11.8 Å². The molecular weight excluding hydrogens is 491 g/mol. The van der Waals surface area contributed by atoms with Crippen LogP contribution in [-0.4, -0.2) is 39.9 Å². The van der Waals surface area contributed by atoms with Crippen molar-refractivity contribution in [2.24, 2.45) is 4.99 Å². The topological polar surface area (TPSA) is 76.4 Å². The second-order valence-corrected chi connectivity index (χ2v) is 7.51. The number of hydrogen-bond donors (Lipinski definition) is 2. The number of aryl methyl sites for hydroxylation is 1. The molecule has 2 N–H and O–H groups in total. The van der Waals surface area contributed by atoms with Crippen LogP contribution >= 0.6 is 24.0 Å². The number of rotatable bonds is 8. The molecule has 7 nitrogen and oxygen atoms in total. The summed E-state index contributed by atoms with van der Waals surface area (Å²) in [4.78, 5) is 9.45. The Morgan fingerprint density at radius 2 is 2.20 bits per heavy atom. The van der Waals surface area contributed by atoms with Gasteiger partial charge in [0, 0.05) is 30.5 Å². The zero-order chi connectivity index (χ0) is 20.6. The fraction of sp³-hybridized carbons (Fsp3) is 0.500. The predicted octanol–water partition coefficient (Wildman–Crippen LogP) is 3.65. The van der Waals surface area contributed by atoms with Crippen LogP contribution in [0.5, 0.6) is 5.75 Å². The summed E-state index contributed by atoms with van der Waals surface area (Å²) < 4.78 is 7.78. The lowest BCUT2D eigenvalue weighted by atomic mass is 10.1. The number of ether oxygens (including phenoxy) is 1. The van der Waals surface area contributed by atoms with E-state index in [1.54, 1.807) is 6.08 Å². The zero-order valence-corrected chi connectivity index (χ0v) is 20.4. The van der Waals surface area contributed by atoms with E-state index in [1.165, 1.54) is 0 Å². The number of guanidine groups is 1. The molecule has 8 heteroatoms. The highest BCUT2D eigenvalue weighted by Gasteiger charge is 2.23. The van der Waals surface area contributed by atoms with Crippen LogP contribution in [0.2, 0.25) is 0 Å². The monoisotopic (exact) mass is 524 g/mol. The van der Waals surface area contributed by atoms with Gasteiger partial charge in [-0.25, -0.2) is 14.7 Å². The molecule has 1 aliphatic heterocycles. The van der Waals surface area contributed by atoms with Crippen LogP contribution in [0.15, 0.2) is 41.9 Å². The smallest absolute Gasteiger partial charge is 0.191 e. The maximum atomic E-state index is 5.74. The summed E-state index contributed by atoms with van der Waals surface area (Å²) in [5, 5.41) is 11.6. The fourth-order valence-corrected chi connectivity index (χ4v) is 3.29. The quantitative estimate of drug-likeness (QED) is 0.239. The van der Waals surface area contributed by atoms with E-state index < -0.39 is 0 Å². The normalized spacial score (nSPS) is 15.9. The van der Waals surface area contributed by atoms with Gasteiger partial charge in [0.1, 0.15) is 18.2 Å². The van der Waals surface area contributed by atoms with Gasteiger partial charge in [-0.2, -0.15) is 5.10 Å². The molecule has 1 aromatic heterocycles. The molecule has 2 aromatic rings. The molecule has 30 heavy (non-hydrogen) atoms. The van der Waals surface area contributed by atoms with Gasteiger partial charge in [0.05, 0.1) is 13.1 Å². The molecule has 0 fully saturated rings. The molecule has 164 valence electrons. The predicted molar refractivity (Wildman–Crippen MR) is 132 cm³/mol. The molecule has 3 rings (SSSR count). The molecule has 1 aliphatic rings. The molecule has 1 unspecified atom stereocenters. The van der Waals surface area contributed by atoms with Crippen molar-refractivity contribution in [2.75, 3.05) is 13.2 Å². The number of para-hydroxylation sites is 1. The average molecular weight is 524 g/mol. The first kappa shape index (κ1) is 24.2. The third kappa shape index (κ3) is 6.45. The van der Waals surface area contributed by atoms with E-state index in [-0.39, 0.29) is 30.0 Å². The van der Waals surface area contributed by atoms with Gasteiger partial charge in [-0.3, -0.25) is 0 Å². The lowest BCUT2D eigenvalue weighted by molar-refractivity contribution is 0.359. The van der Waals surface area contributed by atoms with E-state index in [2.05, 4.69) is 48.1 Å². The Bertz CT molecular complexity index is 848. The number of nitrogens with one attached hydrogen (secondary N) is 2. The summed E-state index contributed by atoms with van der Waals surface area (Å²) in [6, 6.07) is 8.26. The van der Waals surface area contributed by atoms with Crippen molar-refractivity contribution in [2.45, 2.75) is 58.7 Å². The zero-order valence-electron chi connectivity index (χ0n) is 18.1. The molecule has 0 saturated heterocycles. The molecule has 0 amide bonds. The van der Waals surface area contributed by atoms with E-state index in [0.29, 0.717) is 19.1 Å². The lowest BCUT2D eigenvalue weighted by Crippen LogP contribution is -2.47. The van der Waals surface area contributed by atoms with Crippen molar-refractivity contribution in [1.82, 2.24) is 25.4 Å². The molecule has 0 aliphatic carbocycles. The Labute approximate surface area is 196 Å². The minimum absolute atomic E-state index is 0.